The lowest BCUT2D eigenvalue weighted by molar-refractivity contribution is -0.0975. The van der Waals surface area contributed by atoms with E-state index in [-0.39, 0.29) is 10.8 Å². The van der Waals surface area contributed by atoms with E-state index in [1.807, 2.05) is 6.20 Å². The summed E-state index contributed by atoms with van der Waals surface area (Å²) in [6, 6.07) is 0. The zero-order valence-electron chi connectivity index (χ0n) is 15.2. The van der Waals surface area contributed by atoms with E-state index < -0.39 is 5.60 Å². The summed E-state index contributed by atoms with van der Waals surface area (Å²) in [5.41, 5.74) is 1.99. The van der Waals surface area contributed by atoms with E-state index in [4.69, 9.17) is 10.9 Å². The van der Waals surface area contributed by atoms with Crippen molar-refractivity contribution in [2.24, 2.45) is 28.6 Å². The maximum absolute atomic E-state index is 11.1. The summed E-state index contributed by atoms with van der Waals surface area (Å²) in [5.74, 6) is 5.64. The topological polar surface area (TPSA) is 46.3 Å². The first-order chi connectivity index (χ1) is 11.9. The van der Waals surface area contributed by atoms with E-state index in [0.29, 0.717) is 17.8 Å². The molecule has 1 aromatic heterocycles. The molecule has 1 heterocycles. The first-order valence-electron chi connectivity index (χ1n) is 9.76. The van der Waals surface area contributed by atoms with Gasteiger partial charge in [-0.25, -0.2) is 0 Å². The van der Waals surface area contributed by atoms with Crippen LogP contribution in [0.5, 0.6) is 0 Å². The number of terminal acetylenes is 1. The Morgan fingerprint density at radius 1 is 1.24 bits per heavy atom. The Hall–Kier alpha value is -1.53. The highest BCUT2D eigenvalue weighted by atomic mass is 16.5. The minimum Gasteiger partial charge on any atom is -0.377 e. The molecule has 0 spiro atoms. The van der Waals surface area contributed by atoms with Crippen LogP contribution >= 0.6 is 0 Å². The van der Waals surface area contributed by atoms with E-state index in [0.717, 1.165) is 44.3 Å². The summed E-state index contributed by atoms with van der Waals surface area (Å²) in [4.78, 5) is 0. The lowest BCUT2D eigenvalue weighted by Gasteiger charge is -2.58. The third-order valence-electron chi connectivity index (χ3n) is 8.67. The molecule has 0 aromatic carbocycles. The first kappa shape index (κ1) is 15.7. The van der Waals surface area contributed by atoms with Crippen LogP contribution in [0.2, 0.25) is 0 Å². The molecule has 5 rings (SSSR count). The fraction of sp³-hybridized carbons (Fsp3) is 0.682. The van der Waals surface area contributed by atoms with Crippen molar-refractivity contribution in [3.63, 3.8) is 0 Å². The zero-order valence-corrected chi connectivity index (χ0v) is 15.2. The third kappa shape index (κ3) is 1.79. The van der Waals surface area contributed by atoms with Crippen molar-refractivity contribution in [1.29, 1.82) is 0 Å². The predicted octanol–water partition coefficient (Wildman–Crippen LogP) is 4.22. The van der Waals surface area contributed by atoms with Gasteiger partial charge in [-0.15, -0.1) is 6.42 Å². The van der Waals surface area contributed by atoms with Crippen LogP contribution in [0, 0.1) is 40.9 Å². The van der Waals surface area contributed by atoms with Crippen LogP contribution < -0.4 is 0 Å². The average molecular weight is 337 g/mol. The fourth-order valence-electron chi connectivity index (χ4n) is 7.14. The summed E-state index contributed by atoms with van der Waals surface area (Å²) < 4.78 is 5.43. The van der Waals surface area contributed by atoms with Gasteiger partial charge in [-0.1, -0.05) is 30.5 Å². The molecule has 0 amide bonds. The van der Waals surface area contributed by atoms with Crippen molar-refractivity contribution < 1.29 is 9.63 Å². The quantitative estimate of drug-likeness (QED) is 0.721. The normalized spacial score (nSPS) is 47.8. The monoisotopic (exact) mass is 337 g/mol. The molecule has 6 atom stereocenters. The molecule has 3 nitrogen and oxygen atoms in total. The highest BCUT2D eigenvalue weighted by molar-refractivity contribution is 5.57. The molecule has 1 N–H and O–H groups in total. The maximum atomic E-state index is 11.1. The van der Waals surface area contributed by atoms with Crippen LogP contribution in [0.4, 0.5) is 0 Å². The van der Waals surface area contributed by atoms with Gasteiger partial charge in [0.1, 0.15) is 5.60 Å². The molecule has 0 radical (unpaired) electrons. The van der Waals surface area contributed by atoms with E-state index in [2.05, 4.69) is 31.0 Å². The summed E-state index contributed by atoms with van der Waals surface area (Å²) in [7, 11) is 0. The van der Waals surface area contributed by atoms with E-state index in [9.17, 15) is 5.11 Å². The molecule has 132 valence electrons. The Labute approximate surface area is 149 Å². The van der Waals surface area contributed by atoms with Crippen molar-refractivity contribution in [3.05, 3.63) is 23.1 Å². The maximum Gasteiger partial charge on any atom is 0.162 e. The summed E-state index contributed by atoms with van der Waals surface area (Å²) >= 11 is 0. The second-order valence-electron chi connectivity index (χ2n) is 9.39. The number of nitrogens with zero attached hydrogens (tertiary/aromatic N) is 1. The largest absolute Gasteiger partial charge is 0.377 e. The number of allylic oxidation sites excluding steroid dienone is 1. The second kappa shape index (κ2) is 4.80. The molecule has 25 heavy (non-hydrogen) atoms. The molecular formula is C22H27NO2. The van der Waals surface area contributed by atoms with Gasteiger partial charge in [0, 0.05) is 11.0 Å². The lowest BCUT2D eigenvalue weighted by atomic mass is 9.46. The molecule has 0 aliphatic heterocycles. The van der Waals surface area contributed by atoms with Gasteiger partial charge in [0.15, 0.2) is 5.76 Å². The van der Waals surface area contributed by atoms with Gasteiger partial charge < -0.3 is 9.63 Å². The van der Waals surface area contributed by atoms with Crippen molar-refractivity contribution in [1.82, 2.24) is 5.16 Å². The molecule has 3 heteroatoms. The van der Waals surface area contributed by atoms with Gasteiger partial charge in [0.25, 0.3) is 0 Å². The van der Waals surface area contributed by atoms with Crippen LogP contribution in [-0.2, 0) is 6.42 Å². The highest BCUT2D eigenvalue weighted by Crippen LogP contribution is 2.67. The van der Waals surface area contributed by atoms with Crippen LogP contribution in [-0.4, -0.2) is 15.9 Å². The predicted molar refractivity (Wildman–Crippen MR) is 96.4 cm³/mol. The summed E-state index contributed by atoms with van der Waals surface area (Å²) in [6.07, 6.45) is 17.4. The number of aliphatic hydroxyl groups is 1. The Bertz CT molecular complexity index is 801. The van der Waals surface area contributed by atoms with Crippen LogP contribution in [0.1, 0.15) is 63.7 Å². The summed E-state index contributed by atoms with van der Waals surface area (Å²) in [5, 5.41) is 15.1. The van der Waals surface area contributed by atoms with Crippen molar-refractivity contribution in [3.8, 4) is 12.3 Å². The average Bonchev–Trinajstić information content (AvgIpc) is 3.14. The SMILES string of the molecule is C#C[C@]1(O)CCC2C3CCC4=Cc5oncc5C[C@@]4(C)C3CC[C@@]21C. The smallest absolute Gasteiger partial charge is 0.162 e. The number of fused-ring (bicyclic) bond motifs is 6. The van der Waals surface area contributed by atoms with Gasteiger partial charge in [-0.3, -0.25) is 0 Å². The molecule has 3 saturated carbocycles. The molecule has 0 saturated heterocycles. The minimum absolute atomic E-state index is 0.114. The van der Waals surface area contributed by atoms with E-state index in [1.54, 1.807) is 5.57 Å². The lowest BCUT2D eigenvalue weighted by Crippen LogP contribution is -2.54. The van der Waals surface area contributed by atoms with Crippen molar-refractivity contribution >= 4 is 6.08 Å². The van der Waals surface area contributed by atoms with E-state index >= 15 is 0 Å². The first-order valence-corrected chi connectivity index (χ1v) is 9.76. The Balaban J connectivity index is 1.53. The number of hydrogen-bond donors (Lipinski definition) is 1. The van der Waals surface area contributed by atoms with Crippen LogP contribution in [0.25, 0.3) is 6.08 Å². The minimum atomic E-state index is -0.909. The zero-order chi connectivity index (χ0) is 17.4. The molecule has 3 fully saturated rings. The van der Waals surface area contributed by atoms with Crippen molar-refractivity contribution in [2.45, 2.75) is 64.4 Å². The highest BCUT2D eigenvalue weighted by Gasteiger charge is 2.63. The van der Waals surface area contributed by atoms with Crippen LogP contribution in [0.3, 0.4) is 0 Å². The summed E-state index contributed by atoms with van der Waals surface area (Å²) in [6.45, 7) is 4.71. The number of hydrogen-bond acceptors (Lipinski definition) is 3. The Kier molecular flexibility index (Phi) is 3.01. The Morgan fingerprint density at radius 2 is 2.04 bits per heavy atom. The van der Waals surface area contributed by atoms with E-state index in [1.165, 1.54) is 12.0 Å². The number of rotatable bonds is 0. The van der Waals surface area contributed by atoms with Crippen molar-refractivity contribution in [2.75, 3.05) is 0 Å². The third-order valence-corrected chi connectivity index (χ3v) is 8.67. The van der Waals surface area contributed by atoms with Gasteiger partial charge in [-0.2, -0.15) is 0 Å². The van der Waals surface area contributed by atoms with Gasteiger partial charge in [0.05, 0.1) is 6.20 Å². The number of aromatic nitrogens is 1. The molecule has 4 aliphatic rings. The van der Waals surface area contributed by atoms with Crippen LogP contribution in [0.15, 0.2) is 16.3 Å². The molecule has 1 aromatic rings. The molecule has 0 bridgehead atoms. The standard InChI is InChI=1S/C22H27NO2/c1-4-22(24)10-8-18-16-6-5-15-11-19-14(13-23-25-19)12-20(15,2)17(16)7-9-21(18,22)3/h1,11,13,16-18,24H,5-10,12H2,2-3H3/t16?,17?,18?,20-,21+,22+/m1/s1. The fourth-order valence-corrected chi connectivity index (χ4v) is 7.14. The molecule has 3 unspecified atom stereocenters. The van der Waals surface area contributed by atoms with Gasteiger partial charge in [-0.05, 0) is 74.2 Å². The Morgan fingerprint density at radius 3 is 2.84 bits per heavy atom. The second-order valence-corrected chi connectivity index (χ2v) is 9.39. The van der Waals surface area contributed by atoms with Gasteiger partial charge >= 0.3 is 0 Å². The van der Waals surface area contributed by atoms with Gasteiger partial charge in [0.2, 0.25) is 0 Å². The molecular weight excluding hydrogens is 310 g/mol. The molecule has 4 aliphatic carbocycles.